The van der Waals surface area contributed by atoms with Gasteiger partial charge in [0.25, 0.3) is 0 Å². The lowest BCUT2D eigenvalue weighted by atomic mass is 10.6. The van der Waals surface area contributed by atoms with Crippen molar-refractivity contribution in [3.05, 3.63) is 37.4 Å². The number of ether oxygens (including phenoxy) is 3. The van der Waals surface area contributed by atoms with Crippen LogP contribution in [0.3, 0.4) is 0 Å². The summed E-state index contributed by atoms with van der Waals surface area (Å²) in [6.45, 7) is 6.54. The number of aromatic nitrogens is 4. The van der Waals surface area contributed by atoms with Crippen LogP contribution < -0.4 is 9.13 Å². The van der Waals surface area contributed by atoms with Crippen LogP contribution in [0.1, 0.15) is 0 Å². The maximum absolute atomic E-state index is 8.88. The summed E-state index contributed by atoms with van der Waals surface area (Å²) in [5.41, 5.74) is 0. The number of hydrogen-bond acceptors (Lipinski definition) is 5. The van der Waals surface area contributed by atoms with E-state index in [1.54, 1.807) is 0 Å². The molecule has 0 aliphatic carbocycles. The average Bonchev–Trinajstić information content (AvgIpc) is 3.30. The molecule has 2 rings (SSSR count). The van der Waals surface area contributed by atoms with E-state index in [4.69, 9.17) is 24.4 Å². The van der Waals surface area contributed by atoms with Gasteiger partial charge in [-0.3, -0.25) is 0 Å². The first-order valence-corrected chi connectivity index (χ1v) is 9.36. The van der Waals surface area contributed by atoms with Crippen LogP contribution in [0.5, 0.6) is 0 Å². The van der Waals surface area contributed by atoms with Gasteiger partial charge in [-0.25, -0.2) is 18.3 Å². The van der Waals surface area contributed by atoms with Gasteiger partial charge in [-0.05, 0) is 0 Å². The van der Waals surface area contributed by atoms with Gasteiger partial charge in [0.05, 0.1) is 52.9 Å². The molecule has 2 N–H and O–H groups in total. The van der Waals surface area contributed by atoms with Crippen LogP contribution in [0.2, 0.25) is 0 Å². The smallest absolute Gasteiger partial charge is 0.243 e. The zero-order valence-electron chi connectivity index (χ0n) is 15.9. The number of nitrogens with zero attached hydrogens (tertiary/aromatic N) is 4. The molecule has 0 saturated carbocycles. The van der Waals surface area contributed by atoms with Crippen molar-refractivity contribution < 1.29 is 33.6 Å². The maximum Gasteiger partial charge on any atom is 0.243 e. The van der Waals surface area contributed by atoms with E-state index in [1.165, 1.54) is 0 Å². The number of aliphatic hydroxyl groups excluding tert-OH is 2. The lowest BCUT2D eigenvalue weighted by Gasteiger charge is -2.05. The molecule has 2 aromatic heterocycles. The number of imidazole rings is 2. The highest BCUT2D eigenvalue weighted by Crippen LogP contribution is 1.89. The molecular formula is C18H32N4O5+2. The van der Waals surface area contributed by atoms with E-state index in [-0.39, 0.29) is 13.2 Å². The summed E-state index contributed by atoms with van der Waals surface area (Å²) >= 11 is 0. The molecule has 0 amide bonds. The molecule has 0 saturated heterocycles. The normalized spacial score (nSPS) is 11.3. The van der Waals surface area contributed by atoms with Gasteiger partial charge in [0.1, 0.15) is 51.0 Å². The Hall–Kier alpha value is -1.78. The van der Waals surface area contributed by atoms with Crippen LogP contribution in [0.25, 0.3) is 0 Å². The van der Waals surface area contributed by atoms with Crippen molar-refractivity contribution in [3.8, 4) is 0 Å². The van der Waals surface area contributed by atoms with Crippen molar-refractivity contribution in [2.24, 2.45) is 0 Å². The Labute approximate surface area is 159 Å². The summed E-state index contributed by atoms with van der Waals surface area (Å²) in [6.07, 6.45) is 11.7. The van der Waals surface area contributed by atoms with Crippen molar-refractivity contribution in [2.45, 2.75) is 26.2 Å². The average molecular weight is 384 g/mol. The third-order valence-corrected chi connectivity index (χ3v) is 3.94. The first kappa shape index (κ1) is 21.5. The molecule has 0 radical (unpaired) electrons. The molecule has 0 atom stereocenters. The van der Waals surface area contributed by atoms with Gasteiger partial charge in [-0.15, -0.1) is 0 Å². The first-order chi connectivity index (χ1) is 13.3. The van der Waals surface area contributed by atoms with Crippen LogP contribution in [0, 0.1) is 0 Å². The second kappa shape index (κ2) is 13.4. The van der Waals surface area contributed by atoms with Crippen LogP contribution >= 0.6 is 0 Å². The van der Waals surface area contributed by atoms with Gasteiger partial charge in [-0.1, -0.05) is 0 Å². The summed E-state index contributed by atoms with van der Waals surface area (Å²) < 4.78 is 24.5. The van der Waals surface area contributed by atoms with E-state index in [0.717, 1.165) is 13.1 Å². The van der Waals surface area contributed by atoms with Gasteiger partial charge in [0, 0.05) is 0 Å². The van der Waals surface area contributed by atoms with Gasteiger partial charge in [0.2, 0.25) is 12.7 Å². The molecule has 0 aliphatic heterocycles. The van der Waals surface area contributed by atoms with Crippen molar-refractivity contribution >= 4 is 0 Å². The lowest BCUT2D eigenvalue weighted by Crippen LogP contribution is -2.33. The highest BCUT2D eigenvalue weighted by atomic mass is 16.5. The molecule has 0 fully saturated rings. The largest absolute Gasteiger partial charge is 0.392 e. The monoisotopic (exact) mass is 384 g/mol. The van der Waals surface area contributed by atoms with E-state index in [9.17, 15) is 0 Å². The molecule has 0 bridgehead atoms. The maximum atomic E-state index is 8.88. The third kappa shape index (κ3) is 9.12. The molecule has 152 valence electrons. The zero-order chi connectivity index (χ0) is 19.2. The van der Waals surface area contributed by atoms with Crippen LogP contribution in [0.15, 0.2) is 37.4 Å². The second-order valence-corrected chi connectivity index (χ2v) is 6.06. The predicted octanol–water partition coefficient (Wildman–Crippen LogP) is -1.40. The zero-order valence-corrected chi connectivity index (χ0v) is 15.9. The summed E-state index contributed by atoms with van der Waals surface area (Å²) in [5.74, 6) is 0. The van der Waals surface area contributed by atoms with Crippen molar-refractivity contribution in [2.75, 3.05) is 52.9 Å². The minimum Gasteiger partial charge on any atom is -0.392 e. The summed E-state index contributed by atoms with van der Waals surface area (Å²) in [5, 5.41) is 17.8. The van der Waals surface area contributed by atoms with E-state index in [2.05, 4.69) is 0 Å². The first-order valence-electron chi connectivity index (χ1n) is 9.36. The van der Waals surface area contributed by atoms with Crippen LogP contribution in [-0.4, -0.2) is 72.2 Å². The lowest BCUT2D eigenvalue weighted by molar-refractivity contribution is -0.697. The minimum absolute atomic E-state index is 0.142. The molecule has 9 nitrogen and oxygen atoms in total. The van der Waals surface area contributed by atoms with Crippen LogP contribution in [-0.2, 0) is 40.4 Å². The fourth-order valence-electron chi connectivity index (χ4n) is 2.52. The highest BCUT2D eigenvalue weighted by molar-refractivity contribution is 4.66. The van der Waals surface area contributed by atoms with E-state index >= 15 is 0 Å². The molecule has 0 spiro atoms. The summed E-state index contributed by atoms with van der Waals surface area (Å²) in [7, 11) is 0. The van der Waals surface area contributed by atoms with E-state index in [1.807, 2.05) is 55.7 Å². The molecule has 0 aromatic carbocycles. The molecule has 0 aliphatic rings. The Kier molecular flexibility index (Phi) is 10.7. The quantitative estimate of drug-likeness (QED) is 0.275. The summed E-state index contributed by atoms with van der Waals surface area (Å²) in [4.78, 5) is 0. The van der Waals surface area contributed by atoms with Gasteiger partial charge in [0.15, 0.2) is 0 Å². The van der Waals surface area contributed by atoms with Gasteiger partial charge >= 0.3 is 0 Å². The fraction of sp³-hybridized carbons (Fsp3) is 0.667. The molecule has 27 heavy (non-hydrogen) atoms. The van der Waals surface area contributed by atoms with Crippen molar-refractivity contribution in [1.82, 2.24) is 9.13 Å². The molecule has 0 unspecified atom stereocenters. The van der Waals surface area contributed by atoms with Crippen molar-refractivity contribution in [1.29, 1.82) is 0 Å². The third-order valence-electron chi connectivity index (χ3n) is 3.94. The van der Waals surface area contributed by atoms with Crippen molar-refractivity contribution in [3.63, 3.8) is 0 Å². The second-order valence-electron chi connectivity index (χ2n) is 6.06. The topological polar surface area (TPSA) is 85.8 Å². The van der Waals surface area contributed by atoms with Gasteiger partial charge < -0.3 is 24.4 Å². The molecule has 2 heterocycles. The Morgan fingerprint density at radius 1 is 0.630 bits per heavy atom. The molecule has 9 heteroatoms. The standard InChI is InChI=1S/C18H32N4O5/c23-9-5-19-1-3-21(17-19)7-11-25-13-15-27-16-14-26-12-8-22-4-2-20(18-22)6-10-24/h1-4,17-18,23-24H,5-16H2/q+2. The fourth-order valence-corrected chi connectivity index (χ4v) is 2.52. The Bertz CT molecular complexity index is 564. The Balaban J connectivity index is 1.37. The number of rotatable bonds is 16. The highest BCUT2D eigenvalue weighted by Gasteiger charge is 2.03. The summed E-state index contributed by atoms with van der Waals surface area (Å²) in [6, 6.07) is 0. The predicted molar refractivity (Wildman–Crippen MR) is 95.9 cm³/mol. The Morgan fingerprint density at radius 2 is 1.04 bits per heavy atom. The number of aliphatic hydroxyl groups is 2. The molecule has 2 aromatic rings. The van der Waals surface area contributed by atoms with Crippen LogP contribution in [0.4, 0.5) is 0 Å². The van der Waals surface area contributed by atoms with E-state index in [0.29, 0.717) is 52.7 Å². The molecular weight excluding hydrogens is 352 g/mol. The SMILES string of the molecule is OCC[n+]1ccn(CCOCCOCCOCCn2cc[n+](CCO)c2)c1. The van der Waals surface area contributed by atoms with E-state index < -0.39 is 0 Å². The Morgan fingerprint density at radius 3 is 1.44 bits per heavy atom. The number of hydrogen-bond donors (Lipinski definition) is 2. The minimum atomic E-state index is 0.142. The van der Waals surface area contributed by atoms with Gasteiger partial charge in [-0.2, -0.15) is 0 Å².